The van der Waals surface area contributed by atoms with Gasteiger partial charge in [-0.3, -0.25) is 0 Å². The molecule has 2 fully saturated rings. The highest BCUT2D eigenvalue weighted by molar-refractivity contribution is 5.92. The van der Waals surface area contributed by atoms with Crippen molar-refractivity contribution in [3.05, 3.63) is 30.5 Å². The van der Waals surface area contributed by atoms with Gasteiger partial charge in [0.1, 0.15) is 11.6 Å². The Morgan fingerprint density at radius 2 is 2.19 bits per heavy atom. The van der Waals surface area contributed by atoms with E-state index in [2.05, 4.69) is 22.4 Å². The standard InChI is InChI=1S/C18H22N2O/c1-21-16-4-5-17-14(10-16)6-7-19-18(17)20-11-15-9-12-2-3-13(15)8-12/h4-7,10,12-13,15H,2-3,8-9,11H2,1H3,(H,19,20). The first-order valence-corrected chi connectivity index (χ1v) is 8.00. The van der Waals surface area contributed by atoms with Crippen molar-refractivity contribution in [1.82, 2.24) is 4.98 Å². The summed E-state index contributed by atoms with van der Waals surface area (Å²) in [5.41, 5.74) is 0. The van der Waals surface area contributed by atoms with E-state index in [1.54, 1.807) is 7.11 Å². The molecule has 0 spiro atoms. The fourth-order valence-electron chi connectivity index (χ4n) is 4.28. The van der Waals surface area contributed by atoms with Crippen molar-refractivity contribution >= 4 is 16.6 Å². The van der Waals surface area contributed by atoms with Crippen molar-refractivity contribution in [2.45, 2.75) is 25.7 Å². The van der Waals surface area contributed by atoms with E-state index < -0.39 is 0 Å². The van der Waals surface area contributed by atoms with Gasteiger partial charge in [-0.05, 0) is 66.7 Å². The summed E-state index contributed by atoms with van der Waals surface area (Å²) < 4.78 is 5.30. The molecule has 21 heavy (non-hydrogen) atoms. The summed E-state index contributed by atoms with van der Waals surface area (Å²) >= 11 is 0. The lowest BCUT2D eigenvalue weighted by Crippen LogP contribution is -2.20. The van der Waals surface area contributed by atoms with Gasteiger partial charge in [-0.15, -0.1) is 0 Å². The minimum atomic E-state index is 0.846. The van der Waals surface area contributed by atoms with Gasteiger partial charge in [0, 0.05) is 18.1 Å². The lowest BCUT2D eigenvalue weighted by Gasteiger charge is -2.22. The minimum Gasteiger partial charge on any atom is -0.497 e. The molecule has 3 atom stereocenters. The van der Waals surface area contributed by atoms with Crippen LogP contribution in [0.25, 0.3) is 10.8 Å². The summed E-state index contributed by atoms with van der Waals surface area (Å²) in [6.45, 7) is 1.07. The van der Waals surface area contributed by atoms with Crippen LogP contribution < -0.4 is 10.1 Å². The summed E-state index contributed by atoms with van der Waals surface area (Å²) in [7, 11) is 1.71. The van der Waals surface area contributed by atoms with Gasteiger partial charge in [-0.2, -0.15) is 0 Å². The number of hydrogen-bond donors (Lipinski definition) is 1. The zero-order valence-electron chi connectivity index (χ0n) is 12.5. The third-order valence-corrected chi connectivity index (χ3v) is 5.39. The molecular formula is C18H22N2O. The van der Waals surface area contributed by atoms with E-state index in [1.807, 2.05) is 18.3 Å². The summed E-state index contributed by atoms with van der Waals surface area (Å²) in [4.78, 5) is 4.53. The van der Waals surface area contributed by atoms with Crippen molar-refractivity contribution in [2.75, 3.05) is 19.0 Å². The second kappa shape index (κ2) is 5.21. The lowest BCUT2D eigenvalue weighted by molar-refractivity contribution is 0.348. The SMILES string of the molecule is COc1ccc2c(NCC3CC4CCC3C4)nccc2c1. The van der Waals surface area contributed by atoms with E-state index in [-0.39, 0.29) is 0 Å². The van der Waals surface area contributed by atoms with E-state index in [0.717, 1.165) is 35.9 Å². The Kier molecular flexibility index (Phi) is 3.21. The minimum absolute atomic E-state index is 0.846. The number of ether oxygens (including phenoxy) is 1. The summed E-state index contributed by atoms with van der Waals surface area (Å²) in [5.74, 6) is 4.72. The van der Waals surface area contributed by atoms with Crippen LogP contribution in [0.15, 0.2) is 30.5 Å². The topological polar surface area (TPSA) is 34.1 Å². The molecule has 1 N–H and O–H groups in total. The number of fused-ring (bicyclic) bond motifs is 3. The van der Waals surface area contributed by atoms with Crippen LogP contribution in [0, 0.1) is 17.8 Å². The normalized spacial score (nSPS) is 27.2. The maximum absolute atomic E-state index is 5.30. The van der Waals surface area contributed by atoms with E-state index in [1.165, 1.54) is 36.5 Å². The van der Waals surface area contributed by atoms with Crippen LogP contribution in [0.2, 0.25) is 0 Å². The number of anilines is 1. The van der Waals surface area contributed by atoms with Gasteiger partial charge >= 0.3 is 0 Å². The van der Waals surface area contributed by atoms with Crippen molar-refractivity contribution in [3.8, 4) is 5.75 Å². The fraction of sp³-hybridized carbons (Fsp3) is 0.500. The molecule has 3 nitrogen and oxygen atoms in total. The van der Waals surface area contributed by atoms with E-state index in [9.17, 15) is 0 Å². The van der Waals surface area contributed by atoms with Gasteiger partial charge in [0.05, 0.1) is 7.11 Å². The van der Waals surface area contributed by atoms with Crippen molar-refractivity contribution < 1.29 is 4.74 Å². The first-order chi connectivity index (χ1) is 10.3. The molecule has 1 aromatic carbocycles. The molecular weight excluding hydrogens is 260 g/mol. The summed E-state index contributed by atoms with van der Waals surface area (Å²) in [6.07, 6.45) is 7.67. The third kappa shape index (κ3) is 2.35. The number of hydrogen-bond acceptors (Lipinski definition) is 3. The van der Waals surface area contributed by atoms with E-state index in [0.29, 0.717) is 0 Å². The Bertz CT molecular complexity index is 655. The summed E-state index contributed by atoms with van der Waals surface area (Å²) in [5, 5.41) is 5.96. The maximum Gasteiger partial charge on any atom is 0.133 e. The Labute approximate surface area is 125 Å². The smallest absolute Gasteiger partial charge is 0.133 e. The second-order valence-corrected chi connectivity index (χ2v) is 6.56. The van der Waals surface area contributed by atoms with Crippen molar-refractivity contribution in [3.63, 3.8) is 0 Å². The van der Waals surface area contributed by atoms with Crippen LogP contribution >= 0.6 is 0 Å². The average Bonchev–Trinajstić information content (AvgIpc) is 3.15. The van der Waals surface area contributed by atoms with Crippen LogP contribution in [0.4, 0.5) is 5.82 Å². The van der Waals surface area contributed by atoms with Crippen LogP contribution in [0.1, 0.15) is 25.7 Å². The number of aromatic nitrogens is 1. The van der Waals surface area contributed by atoms with Gasteiger partial charge < -0.3 is 10.1 Å². The quantitative estimate of drug-likeness (QED) is 0.917. The molecule has 110 valence electrons. The van der Waals surface area contributed by atoms with Crippen LogP contribution in [-0.2, 0) is 0 Å². The predicted molar refractivity (Wildman–Crippen MR) is 85.7 cm³/mol. The molecule has 3 heteroatoms. The number of pyridine rings is 1. The fourth-order valence-corrected chi connectivity index (χ4v) is 4.28. The number of methoxy groups -OCH3 is 1. The number of rotatable bonds is 4. The highest BCUT2D eigenvalue weighted by atomic mass is 16.5. The first kappa shape index (κ1) is 12.9. The van der Waals surface area contributed by atoms with Crippen molar-refractivity contribution in [2.24, 2.45) is 17.8 Å². The van der Waals surface area contributed by atoms with Gasteiger partial charge in [0.15, 0.2) is 0 Å². The molecule has 0 saturated heterocycles. The molecule has 2 bridgehead atoms. The molecule has 1 aromatic heterocycles. The van der Waals surface area contributed by atoms with E-state index >= 15 is 0 Å². The largest absolute Gasteiger partial charge is 0.497 e. The number of nitrogens with one attached hydrogen (secondary N) is 1. The van der Waals surface area contributed by atoms with E-state index in [4.69, 9.17) is 4.74 Å². The van der Waals surface area contributed by atoms with Crippen molar-refractivity contribution in [1.29, 1.82) is 0 Å². The zero-order chi connectivity index (χ0) is 14.2. The molecule has 4 rings (SSSR count). The summed E-state index contributed by atoms with van der Waals surface area (Å²) in [6, 6.07) is 8.22. The Morgan fingerprint density at radius 1 is 1.24 bits per heavy atom. The Hall–Kier alpha value is -1.77. The lowest BCUT2D eigenvalue weighted by atomic mass is 9.89. The van der Waals surface area contributed by atoms with Gasteiger partial charge in [0.2, 0.25) is 0 Å². The molecule has 2 aliphatic carbocycles. The van der Waals surface area contributed by atoms with Crippen LogP contribution in [0.5, 0.6) is 5.75 Å². The molecule has 3 unspecified atom stereocenters. The Morgan fingerprint density at radius 3 is 2.95 bits per heavy atom. The van der Waals surface area contributed by atoms with Crippen LogP contribution in [0.3, 0.4) is 0 Å². The maximum atomic E-state index is 5.30. The van der Waals surface area contributed by atoms with Gasteiger partial charge in [0.25, 0.3) is 0 Å². The predicted octanol–water partition coefficient (Wildman–Crippen LogP) is 4.09. The van der Waals surface area contributed by atoms with Gasteiger partial charge in [-0.25, -0.2) is 4.98 Å². The molecule has 2 aliphatic rings. The molecule has 2 aromatic rings. The Balaban J connectivity index is 1.53. The molecule has 0 aliphatic heterocycles. The zero-order valence-corrected chi connectivity index (χ0v) is 12.5. The number of benzene rings is 1. The third-order valence-electron chi connectivity index (χ3n) is 5.39. The molecule has 0 radical (unpaired) electrons. The van der Waals surface area contributed by atoms with Crippen LogP contribution in [-0.4, -0.2) is 18.6 Å². The molecule has 1 heterocycles. The average molecular weight is 282 g/mol. The first-order valence-electron chi connectivity index (χ1n) is 8.00. The second-order valence-electron chi connectivity index (χ2n) is 6.56. The number of nitrogens with zero attached hydrogens (tertiary/aromatic N) is 1. The highest BCUT2D eigenvalue weighted by Crippen LogP contribution is 2.48. The van der Waals surface area contributed by atoms with Gasteiger partial charge in [-0.1, -0.05) is 6.42 Å². The molecule has 0 amide bonds. The molecule has 2 saturated carbocycles. The highest BCUT2D eigenvalue weighted by Gasteiger charge is 2.39. The monoisotopic (exact) mass is 282 g/mol.